The Morgan fingerprint density at radius 3 is 2.70 bits per heavy atom. The predicted molar refractivity (Wildman–Crippen MR) is 74.0 cm³/mol. The van der Waals surface area contributed by atoms with Crippen LogP contribution in [0.5, 0.6) is 0 Å². The Morgan fingerprint density at radius 1 is 1.40 bits per heavy atom. The first-order chi connectivity index (χ1) is 9.45. The van der Waals surface area contributed by atoms with E-state index in [2.05, 4.69) is 20.6 Å². The molecule has 9 heteroatoms. The second-order valence-electron chi connectivity index (χ2n) is 4.24. The van der Waals surface area contributed by atoms with Gasteiger partial charge in [-0.25, -0.2) is 13.4 Å². The van der Waals surface area contributed by atoms with Crippen molar-refractivity contribution in [1.82, 2.24) is 19.5 Å². The lowest BCUT2D eigenvalue weighted by atomic mass is 10.3. The number of aromatic amines is 1. The smallest absolute Gasteiger partial charge is 0.245 e. The summed E-state index contributed by atoms with van der Waals surface area (Å²) in [5.41, 5.74) is 2.72. The lowest BCUT2D eigenvalue weighted by Crippen LogP contribution is -2.28. The first kappa shape index (κ1) is 14.4. The van der Waals surface area contributed by atoms with Crippen LogP contribution in [0.1, 0.15) is 11.6 Å². The molecular formula is C11H16N6O2S. The molecule has 0 unspecified atom stereocenters. The van der Waals surface area contributed by atoms with Gasteiger partial charge >= 0.3 is 0 Å². The second kappa shape index (κ2) is 5.57. The molecule has 8 nitrogen and oxygen atoms in total. The molecule has 108 valence electrons. The zero-order valence-electron chi connectivity index (χ0n) is 11.2. The molecule has 1 heterocycles. The van der Waals surface area contributed by atoms with Crippen LogP contribution < -0.4 is 11.3 Å². The number of nitrogens with two attached hydrogens (primary N) is 1. The molecule has 0 spiro atoms. The normalized spacial score (nSPS) is 11.8. The Labute approximate surface area is 117 Å². The second-order valence-corrected chi connectivity index (χ2v) is 6.25. The fourth-order valence-electron chi connectivity index (χ4n) is 1.72. The summed E-state index contributed by atoms with van der Waals surface area (Å²) in [6, 6.07) is 6.42. The summed E-state index contributed by atoms with van der Waals surface area (Å²) in [7, 11) is -2.21. The van der Waals surface area contributed by atoms with Gasteiger partial charge in [-0.05, 0) is 19.1 Å². The molecule has 0 amide bonds. The fraction of sp³-hybridized carbons (Fsp3) is 0.273. The maximum absolute atomic E-state index is 12.5. The van der Waals surface area contributed by atoms with Crippen molar-refractivity contribution in [3.05, 3.63) is 35.9 Å². The van der Waals surface area contributed by atoms with E-state index in [9.17, 15) is 8.42 Å². The van der Waals surface area contributed by atoms with Crippen LogP contribution in [0.3, 0.4) is 0 Å². The van der Waals surface area contributed by atoms with Crippen LogP contribution in [-0.4, -0.2) is 35.0 Å². The predicted octanol–water partition coefficient (Wildman–Crippen LogP) is 0.219. The monoisotopic (exact) mass is 296 g/mol. The van der Waals surface area contributed by atoms with Crippen LogP contribution in [0.15, 0.2) is 29.2 Å². The average Bonchev–Trinajstić information content (AvgIpc) is 2.84. The van der Waals surface area contributed by atoms with E-state index in [-0.39, 0.29) is 11.4 Å². The van der Waals surface area contributed by atoms with Gasteiger partial charge in [0.2, 0.25) is 10.0 Å². The lowest BCUT2D eigenvalue weighted by molar-refractivity contribution is 0.457. The van der Waals surface area contributed by atoms with E-state index in [1.165, 1.54) is 17.4 Å². The van der Waals surface area contributed by atoms with Gasteiger partial charge in [0, 0.05) is 7.05 Å². The number of sulfonamides is 1. The summed E-state index contributed by atoms with van der Waals surface area (Å²) in [5.74, 6) is 6.38. The molecule has 2 rings (SSSR count). The summed E-state index contributed by atoms with van der Waals surface area (Å²) in [4.78, 5) is 4.20. The van der Waals surface area contributed by atoms with Crippen LogP contribution >= 0.6 is 0 Å². The van der Waals surface area contributed by atoms with Gasteiger partial charge in [0.15, 0.2) is 5.82 Å². The Kier molecular flexibility index (Phi) is 4.02. The average molecular weight is 296 g/mol. The Bertz CT molecular complexity index is 696. The van der Waals surface area contributed by atoms with Gasteiger partial charge in [0.05, 0.1) is 12.2 Å². The van der Waals surface area contributed by atoms with Crippen LogP contribution in [-0.2, 0) is 16.6 Å². The highest BCUT2D eigenvalue weighted by Crippen LogP contribution is 2.23. The molecule has 20 heavy (non-hydrogen) atoms. The third-order valence-electron chi connectivity index (χ3n) is 2.74. The summed E-state index contributed by atoms with van der Waals surface area (Å²) < 4.78 is 26.1. The summed E-state index contributed by atoms with van der Waals surface area (Å²) >= 11 is 0. The number of rotatable bonds is 5. The molecular weight excluding hydrogens is 280 g/mol. The zero-order valence-corrected chi connectivity index (χ0v) is 12.0. The number of anilines is 1. The molecule has 4 N–H and O–H groups in total. The molecule has 2 aromatic rings. The van der Waals surface area contributed by atoms with Crippen molar-refractivity contribution in [2.75, 3.05) is 12.5 Å². The third kappa shape index (κ3) is 2.79. The number of hydrogen-bond donors (Lipinski definition) is 3. The minimum atomic E-state index is -3.67. The minimum absolute atomic E-state index is 0.0750. The van der Waals surface area contributed by atoms with Gasteiger partial charge in [0.1, 0.15) is 10.7 Å². The third-order valence-corrected chi connectivity index (χ3v) is 4.60. The van der Waals surface area contributed by atoms with Gasteiger partial charge < -0.3 is 5.43 Å². The fourth-order valence-corrected chi connectivity index (χ4v) is 3.00. The standard InChI is InChI=1S/C11H16N6O2S/c1-8-13-11(16-15-8)7-17(2)20(18,19)10-6-4-3-5-9(10)14-12/h3-6,14H,7,12H2,1-2H3,(H,13,15,16). The molecule has 1 aromatic carbocycles. The minimum Gasteiger partial charge on any atom is -0.323 e. The van der Waals surface area contributed by atoms with Gasteiger partial charge in [-0.3, -0.25) is 10.9 Å². The molecule has 0 radical (unpaired) electrons. The van der Waals surface area contributed by atoms with E-state index in [0.29, 0.717) is 17.3 Å². The van der Waals surface area contributed by atoms with E-state index >= 15 is 0 Å². The Hall–Kier alpha value is -1.97. The first-order valence-electron chi connectivity index (χ1n) is 5.85. The molecule has 0 aliphatic carbocycles. The number of benzene rings is 1. The number of hydrazine groups is 1. The topological polar surface area (TPSA) is 117 Å². The Morgan fingerprint density at radius 2 is 2.10 bits per heavy atom. The van der Waals surface area contributed by atoms with E-state index < -0.39 is 10.0 Å². The van der Waals surface area contributed by atoms with Crippen LogP contribution in [0.2, 0.25) is 0 Å². The zero-order chi connectivity index (χ0) is 14.8. The number of nitrogens with zero attached hydrogens (tertiary/aromatic N) is 3. The van der Waals surface area contributed by atoms with Crippen molar-refractivity contribution in [2.24, 2.45) is 5.84 Å². The maximum atomic E-state index is 12.5. The highest BCUT2D eigenvalue weighted by atomic mass is 32.2. The van der Waals surface area contributed by atoms with Gasteiger partial charge in [0.25, 0.3) is 0 Å². The van der Waals surface area contributed by atoms with Crippen molar-refractivity contribution >= 4 is 15.7 Å². The number of aryl methyl sites for hydroxylation is 1. The highest BCUT2D eigenvalue weighted by molar-refractivity contribution is 7.89. The summed E-state index contributed by atoms with van der Waals surface area (Å²) in [6.45, 7) is 1.82. The van der Waals surface area contributed by atoms with E-state index in [4.69, 9.17) is 5.84 Å². The van der Waals surface area contributed by atoms with Crippen LogP contribution in [0.25, 0.3) is 0 Å². The molecule has 0 fully saturated rings. The number of hydrogen-bond acceptors (Lipinski definition) is 6. The van der Waals surface area contributed by atoms with E-state index in [1.54, 1.807) is 25.1 Å². The quantitative estimate of drug-likeness (QED) is 0.536. The SMILES string of the molecule is Cc1nc(CN(C)S(=O)(=O)c2ccccc2NN)n[nH]1. The van der Waals surface area contributed by atoms with Gasteiger partial charge in [-0.2, -0.15) is 9.40 Å². The summed E-state index contributed by atoms with van der Waals surface area (Å²) in [5, 5.41) is 6.60. The van der Waals surface area contributed by atoms with Crippen molar-refractivity contribution in [3.8, 4) is 0 Å². The summed E-state index contributed by atoms with van der Waals surface area (Å²) in [6.07, 6.45) is 0. The number of nitrogens with one attached hydrogen (secondary N) is 2. The first-order valence-corrected chi connectivity index (χ1v) is 7.29. The van der Waals surface area contributed by atoms with Crippen LogP contribution in [0, 0.1) is 6.92 Å². The van der Waals surface area contributed by atoms with Crippen molar-refractivity contribution in [1.29, 1.82) is 0 Å². The maximum Gasteiger partial charge on any atom is 0.245 e. The number of aromatic nitrogens is 3. The largest absolute Gasteiger partial charge is 0.323 e. The highest BCUT2D eigenvalue weighted by Gasteiger charge is 2.24. The Balaban J connectivity index is 2.29. The molecule has 0 aliphatic heterocycles. The molecule has 0 atom stereocenters. The van der Waals surface area contributed by atoms with Crippen molar-refractivity contribution in [3.63, 3.8) is 0 Å². The molecule has 0 saturated carbocycles. The van der Waals surface area contributed by atoms with Gasteiger partial charge in [-0.15, -0.1) is 0 Å². The van der Waals surface area contributed by atoms with E-state index in [1.807, 2.05) is 0 Å². The number of H-pyrrole nitrogens is 1. The van der Waals surface area contributed by atoms with Crippen LogP contribution in [0.4, 0.5) is 5.69 Å². The number of nitrogen functional groups attached to an aromatic ring is 1. The van der Waals surface area contributed by atoms with Crippen molar-refractivity contribution < 1.29 is 8.42 Å². The van der Waals surface area contributed by atoms with Gasteiger partial charge in [-0.1, -0.05) is 12.1 Å². The van der Waals surface area contributed by atoms with E-state index in [0.717, 1.165) is 0 Å². The molecule has 0 aliphatic rings. The number of para-hydroxylation sites is 1. The molecule has 0 bridgehead atoms. The molecule has 1 aromatic heterocycles. The lowest BCUT2D eigenvalue weighted by Gasteiger charge is -2.17. The molecule has 0 saturated heterocycles. The van der Waals surface area contributed by atoms with Crippen molar-refractivity contribution in [2.45, 2.75) is 18.4 Å².